The van der Waals surface area contributed by atoms with E-state index in [1.807, 2.05) is 6.20 Å². The first-order chi connectivity index (χ1) is 10.7. The molecule has 2 aromatic heterocycles. The summed E-state index contributed by atoms with van der Waals surface area (Å²) in [5, 5.41) is 13.6. The summed E-state index contributed by atoms with van der Waals surface area (Å²) in [5.74, 6) is -0.405. The van der Waals surface area contributed by atoms with Crippen molar-refractivity contribution >= 4 is 11.6 Å². The number of rotatable bonds is 5. The van der Waals surface area contributed by atoms with Crippen molar-refractivity contribution in [1.29, 1.82) is 0 Å². The number of likely N-dealkylation sites (tertiary alicyclic amines) is 1. The molecule has 0 unspecified atom stereocenters. The number of aromatic nitrogens is 3. The van der Waals surface area contributed by atoms with E-state index >= 15 is 0 Å². The van der Waals surface area contributed by atoms with E-state index in [1.54, 1.807) is 17.6 Å². The van der Waals surface area contributed by atoms with Crippen molar-refractivity contribution in [2.75, 3.05) is 19.8 Å². The molecule has 3 heterocycles. The molecule has 0 bridgehead atoms. The second-order valence-corrected chi connectivity index (χ2v) is 5.46. The van der Waals surface area contributed by atoms with Gasteiger partial charge in [-0.15, -0.1) is 0 Å². The van der Waals surface area contributed by atoms with Crippen molar-refractivity contribution in [3.8, 4) is 0 Å². The maximum atomic E-state index is 11.8. The number of carbonyl (C=O) groups excluding carboxylic acids is 1. The lowest BCUT2D eigenvalue weighted by Crippen LogP contribution is -2.31. The predicted octanol–water partition coefficient (Wildman–Crippen LogP) is 0.863. The molecule has 0 radical (unpaired) electrons. The van der Waals surface area contributed by atoms with Crippen molar-refractivity contribution in [3.63, 3.8) is 0 Å². The number of nitrogens with zero attached hydrogens (tertiary/aromatic N) is 4. The highest BCUT2D eigenvalue weighted by Crippen LogP contribution is 2.20. The van der Waals surface area contributed by atoms with Crippen molar-refractivity contribution in [3.05, 3.63) is 29.7 Å². The standard InChI is InChI=1S/C15H20N4O3/c1-2-22-15(21)13-7-17-19-9-11(6-16-14(13)19)8-18-5-3-4-12(18)10-20/h6-7,9,12,20H,2-5,8,10H2,1H3/t12-/m1/s1. The summed E-state index contributed by atoms with van der Waals surface area (Å²) in [7, 11) is 0. The summed E-state index contributed by atoms with van der Waals surface area (Å²) in [4.78, 5) is 18.4. The molecule has 1 atom stereocenters. The van der Waals surface area contributed by atoms with Gasteiger partial charge in [-0.25, -0.2) is 14.3 Å². The Bertz CT molecular complexity index is 670. The second-order valence-electron chi connectivity index (χ2n) is 5.46. The lowest BCUT2D eigenvalue weighted by molar-refractivity contribution is 0.0528. The van der Waals surface area contributed by atoms with Gasteiger partial charge >= 0.3 is 5.97 Å². The molecular weight excluding hydrogens is 284 g/mol. The topological polar surface area (TPSA) is 80.0 Å². The van der Waals surface area contributed by atoms with Gasteiger partial charge in [0.1, 0.15) is 5.56 Å². The number of carbonyl (C=O) groups is 1. The van der Waals surface area contributed by atoms with Crippen LogP contribution in [0.25, 0.3) is 5.65 Å². The number of hydrogen-bond donors (Lipinski definition) is 1. The quantitative estimate of drug-likeness (QED) is 0.825. The molecule has 7 heteroatoms. The predicted molar refractivity (Wildman–Crippen MR) is 79.5 cm³/mol. The third-order valence-corrected chi connectivity index (χ3v) is 4.00. The van der Waals surface area contributed by atoms with Crippen molar-refractivity contribution in [1.82, 2.24) is 19.5 Å². The van der Waals surface area contributed by atoms with E-state index in [2.05, 4.69) is 15.0 Å². The minimum absolute atomic E-state index is 0.185. The fourth-order valence-electron chi connectivity index (χ4n) is 2.89. The number of esters is 1. The number of fused-ring (bicyclic) bond motifs is 1. The van der Waals surface area contributed by atoms with Crippen LogP contribution in [0.5, 0.6) is 0 Å². The van der Waals surface area contributed by atoms with Crippen LogP contribution in [0.2, 0.25) is 0 Å². The molecule has 118 valence electrons. The Hall–Kier alpha value is -1.99. The Labute approximate surface area is 128 Å². The van der Waals surface area contributed by atoms with Gasteiger partial charge < -0.3 is 9.84 Å². The minimum Gasteiger partial charge on any atom is -0.462 e. The Morgan fingerprint density at radius 3 is 3.14 bits per heavy atom. The molecule has 3 rings (SSSR count). The Morgan fingerprint density at radius 2 is 2.36 bits per heavy atom. The van der Waals surface area contributed by atoms with E-state index in [1.165, 1.54) is 6.20 Å². The van der Waals surface area contributed by atoms with E-state index in [0.29, 0.717) is 17.8 Å². The van der Waals surface area contributed by atoms with E-state index in [0.717, 1.165) is 31.5 Å². The first-order valence-electron chi connectivity index (χ1n) is 7.57. The van der Waals surface area contributed by atoms with Crippen LogP contribution >= 0.6 is 0 Å². The van der Waals surface area contributed by atoms with E-state index in [9.17, 15) is 9.90 Å². The van der Waals surface area contributed by atoms with Gasteiger partial charge in [0.15, 0.2) is 5.65 Å². The van der Waals surface area contributed by atoms with Crippen molar-refractivity contribution in [2.45, 2.75) is 32.4 Å². The molecular formula is C15H20N4O3. The van der Waals surface area contributed by atoms with Gasteiger partial charge in [-0.3, -0.25) is 4.90 Å². The van der Waals surface area contributed by atoms with Gasteiger partial charge in [-0.1, -0.05) is 0 Å². The third kappa shape index (κ3) is 2.82. The summed E-state index contributed by atoms with van der Waals surface area (Å²) >= 11 is 0. The van der Waals surface area contributed by atoms with Crippen LogP contribution < -0.4 is 0 Å². The molecule has 1 saturated heterocycles. The molecule has 0 amide bonds. The molecule has 1 fully saturated rings. The average molecular weight is 304 g/mol. The molecule has 0 spiro atoms. The summed E-state index contributed by atoms with van der Waals surface area (Å²) in [6.07, 6.45) is 7.25. The highest BCUT2D eigenvalue weighted by atomic mass is 16.5. The van der Waals surface area contributed by atoms with Gasteiger partial charge in [0.25, 0.3) is 0 Å². The van der Waals surface area contributed by atoms with Crippen LogP contribution in [0.1, 0.15) is 35.7 Å². The van der Waals surface area contributed by atoms with Gasteiger partial charge in [0, 0.05) is 30.5 Å². The molecule has 0 saturated carbocycles. The first kappa shape index (κ1) is 14.9. The normalized spacial score (nSPS) is 18.9. The summed E-state index contributed by atoms with van der Waals surface area (Å²) in [6, 6.07) is 0.225. The first-order valence-corrected chi connectivity index (χ1v) is 7.57. The van der Waals surface area contributed by atoms with Crippen LogP contribution in [0.4, 0.5) is 0 Å². The Morgan fingerprint density at radius 1 is 1.50 bits per heavy atom. The molecule has 0 aromatic carbocycles. The van der Waals surface area contributed by atoms with Crippen LogP contribution in [0.3, 0.4) is 0 Å². The summed E-state index contributed by atoms with van der Waals surface area (Å²) in [5.41, 5.74) is 1.89. The number of aliphatic hydroxyl groups excluding tert-OH is 1. The third-order valence-electron chi connectivity index (χ3n) is 4.00. The fraction of sp³-hybridized carbons (Fsp3) is 0.533. The molecule has 1 aliphatic rings. The largest absolute Gasteiger partial charge is 0.462 e. The SMILES string of the molecule is CCOC(=O)c1cnn2cc(CN3CCC[C@@H]3CO)cnc12. The van der Waals surface area contributed by atoms with E-state index < -0.39 is 5.97 Å². The number of hydrogen-bond acceptors (Lipinski definition) is 6. The maximum Gasteiger partial charge on any atom is 0.343 e. The summed E-state index contributed by atoms with van der Waals surface area (Å²) < 4.78 is 6.60. The number of aliphatic hydroxyl groups is 1. The lowest BCUT2D eigenvalue weighted by Gasteiger charge is -2.22. The molecule has 2 aromatic rings. The molecule has 1 aliphatic heterocycles. The fourth-order valence-corrected chi connectivity index (χ4v) is 2.89. The van der Waals surface area contributed by atoms with E-state index in [4.69, 9.17) is 4.74 Å². The highest BCUT2D eigenvalue weighted by molar-refractivity contribution is 5.95. The monoisotopic (exact) mass is 304 g/mol. The van der Waals surface area contributed by atoms with Crippen LogP contribution in [0.15, 0.2) is 18.6 Å². The zero-order valence-corrected chi connectivity index (χ0v) is 12.6. The second kappa shape index (κ2) is 6.41. The van der Waals surface area contributed by atoms with E-state index in [-0.39, 0.29) is 12.6 Å². The van der Waals surface area contributed by atoms with Gasteiger partial charge in [0.2, 0.25) is 0 Å². The van der Waals surface area contributed by atoms with Gasteiger partial charge in [-0.2, -0.15) is 5.10 Å². The number of ether oxygens (including phenoxy) is 1. The highest BCUT2D eigenvalue weighted by Gasteiger charge is 2.24. The average Bonchev–Trinajstić information content (AvgIpc) is 3.13. The van der Waals surface area contributed by atoms with Gasteiger partial charge in [0.05, 0.1) is 19.4 Å². The van der Waals surface area contributed by atoms with Crippen LogP contribution in [0, 0.1) is 0 Å². The molecule has 7 nitrogen and oxygen atoms in total. The zero-order valence-electron chi connectivity index (χ0n) is 12.6. The minimum atomic E-state index is -0.405. The molecule has 1 N–H and O–H groups in total. The summed E-state index contributed by atoms with van der Waals surface area (Å²) in [6.45, 7) is 3.98. The Balaban J connectivity index is 1.80. The van der Waals surface area contributed by atoms with Crippen molar-refractivity contribution < 1.29 is 14.6 Å². The molecule has 22 heavy (non-hydrogen) atoms. The Kier molecular flexibility index (Phi) is 4.35. The molecule has 0 aliphatic carbocycles. The van der Waals surface area contributed by atoms with Crippen molar-refractivity contribution in [2.24, 2.45) is 0 Å². The van der Waals surface area contributed by atoms with Crippen LogP contribution in [-0.2, 0) is 11.3 Å². The smallest absolute Gasteiger partial charge is 0.343 e. The van der Waals surface area contributed by atoms with Crippen LogP contribution in [-0.4, -0.2) is 56.4 Å². The zero-order chi connectivity index (χ0) is 15.5. The van der Waals surface area contributed by atoms with Gasteiger partial charge in [-0.05, 0) is 26.3 Å². The lowest BCUT2D eigenvalue weighted by atomic mass is 10.2. The maximum absolute atomic E-state index is 11.8.